The van der Waals surface area contributed by atoms with Crippen LogP contribution >= 0.6 is 0 Å². The summed E-state index contributed by atoms with van der Waals surface area (Å²) in [5.74, 6) is 2.10. The molecule has 0 unspecified atom stereocenters. The number of rotatable bonds is 4. The van der Waals surface area contributed by atoms with E-state index in [0.717, 1.165) is 42.2 Å². The fourth-order valence-electron chi connectivity index (χ4n) is 3.30. The Morgan fingerprint density at radius 3 is 3.00 bits per heavy atom. The maximum absolute atomic E-state index is 13.3. The SMILES string of the molecule is Cc1cc(N2CCC[C@@H]2c2ncc(Cc3cccc(F)c3)o2)ncn1. The monoisotopic (exact) mass is 338 g/mol. The molecular formula is C19H19FN4O. The van der Waals surface area contributed by atoms with E-state index >= 15 is 0 Å². The highest BCUT2D eigenvalue weighted by Gasteiger charge is 2.31. The molecule has 3 aromatic rings. The molecule has 2 aromatic heterocycles. The van der Waals surface area contributed by atoms with E-state index in [1.807, 2.05) is 19.1 Å². The summed E-state index contributed by atoms with van der Waals surface area (Å²) in [4.78, 5) is 15.2. The smallest absolute Gasteiger partial charge is 0.217 e. The van der Waals surface area contributed by atoms with Crippen LogP contribution in [0.4, 0.5) is 10.2 Å². The van der Waals surface area contributed by atoms with Gasteiger partial charge in [0, 0.05) is 24.7 Å². The summed E-state index contributed by atoms with van der Waals surface area (Å²) in [6.07, 6.45) is 5.90. The lowest BCUT2D eigenvalue weighted by molar-refractivity contribution is 0.424. The molecule has 1 aromatic carbocycles. The predicted molar refractivity (Wildman–Crippen MR) is 91.8 cm³/mol. The van der Waals surface area contributed by atoms with Gasteiger partial charge in [0.05, 0.1) is 6.20 Å². The Morgan fingerprint density at radius 2 is 2.16 bits per heavy atom. The van der Waals surface area contributed by atoms with Crippen molar-refractivity contribution in [3.8, 4) is 0 Å². The minimum absolute atomic E-state index is 0.0792. The van der Waals surface area contributed by atoms with E-state index in [2.05, 4.69) is 19.9 Å². The Hall–Kier alpha value is -2.76. The number of aryl methyl sites for hydroxylation is 1. The van der Waals surface area contributed by atoms with Crippen LogP contribution in [0.1, 0.15) is 41.8 Å². The van der Waals surface area contributed by atoms with Gasteiger partial charge in [0.15, 0.2) is 0 Å². The molecular weight excluding hydrogens is 319 g/mol. The number of nitrogens with zero attached hydrogens (tertiary/aromatic N) is 4. The van der Waals surface area contributed by atoms with E-state index in [1.54, 1.807) is 18.6 Å². The molecule has 1 fully saturated rings. The Balaban J connectivity index is 1.54. The number of hydrogen-bond donors (Lipinski definition) is 0. The second-order valence-electron chi connectivity index (χ2n) is 6.34. The third kappa shape index (κ3) is 3.38. The molecule has 0 saturated carbocycles. The van der Waals surface area contributed by atoms with Crippen LogP contribution in [-0.2, 0) is 6.42 Å². The van der Waals surface area contributed by atoms with Crippen molar-refractivity contribution in [2.24, 2.45) is 0 Å². The number of oxazole rings is 1. The quantitative estimate of drug-likeness (QED) is 0.723. The van der Waals surface area contributed by atoms with Crippen LogP contribution in [0.15, 0.2) is 47.3 Å². The van der Waals surface area contributed by atoms with Crippen molar-refractivity contribution in [1.29, 1.82) is 0 Å². The van der Waals surface area contributed by atoms with Gasteiger partial charge in [-0.3, -0.25) is 0 Å². The zero-order valence-electron chi connectivity index (χ0n) is 14.0. The van der Waals surface area contributed by atoms with E-state index in [9.17, 15) is 4.39 Å². The predicted octanol–water partition coefficient (Wildman–Crippen LogP) is 3.84. The first kappa shape index (κ1) is 15.7. The van der Waals surface area contributed by atoms with E-state index in [4.69, 9.17) is 4.42 Å². The van der Waals surface area contributed by atoms with Crippen LogP contribution in [0, 0.1) is 12.7 Å². The van der Waals surface area contributed by atoms with Gasteiger partial charge in [-0.15, -0.1) is 0 Å². The second-order valence-corrected chi connectivity index (χ2v) is 6.34. The molecule has 0 aliphatic carbocycles. The maximum atomic E-state index is 13.3. The molecule has 0 N–H and O–H groups in total. The lowest BCUT2D eigenvalue weighted by Gasteiger charge is -2.23. The molecule has 0 bridgehead atoms. The van der Waals surface area contributed by atoms with E-state index in [-0.39, 0.29) is 11.9 Å². The highest BCUT2D eigenvalue weighted by molar-refractivity contribution is 5.42. The third-order valence-corrected chi connectivity index (χ3v) is 4.46. The second kappa shape index (κ2) is 6.63. The molecule has 5 nitrogen and oxygen atoms in total. The van der Waals surface area contributed by atoms with Gasteiger partial charge in [0.1, 0.15) is 29.8 Å². The minimum Gasteiger partial charge on any atom is -0.443 e. The minimum atomic E-state index is -0.238. The van der Waals surface area contributed by atoms with Crippen molar-refractivity contribution < 1.29 is 8.81 Å². The van der Waals surface area contributed by atoms with E-state index in [1.165, 1.54) is 12.1 Å². The summed E-state index contributed by atoms with van der Waals surface area (Å²) in [7, 11) is 0. The first-order valence-electron chi connectivity index (χ1n) is 8.43. The van der Waals surface area contributed by atoms with Gasteiger partial charge in [0.25, 0.3) is 0 Å². The standard InChI is InChI=1S/C19H19FN4O/c1-13-8-18(23-12-22-13)24-7-3-6-17(24)19-21-11-16(25-19)10-14-4-2-5-15(20)9-14/h2,4-5,8-9,11-12,17H,3,6-7,10H2,1H3/t17-/m1/s1. The molecule has 1 aliphatic heterocycles. The lowest BCUT2D eigenvalue weighted by Crippen LogP contribution is -2.23. The van der Waals surface area contributed by atoms with Gasteiger partial charge in [-0.2, -0.15) is 0 Å². The van der Waals surface area contributed by atoms with Gasteiger partial charge in [-0.05, 0) is 37.5 Å². The van der Waals surface area contributed by atoms with Crippen LogP contribution < -0.4 is 4.90 Å². The van der Waals surface area contributed by atoms with E-state index in [0.29, 0.717) is 12.3 Å². The number of hydrogen-bond acceptors (Lipinski definition) is 5. The number of anilines is 1. The van der Waals surface area contributed by atoms with Crippen LogP contribution in [0.2, 0.25) is 0 Å². The summed E-state index contributed by atoms with van der Waals surface area (Å²) in [5, 5.41) is 0. The Labute approximate surface area is 145 Å². The van der Waals surface area contributed by atoms with Gasteiger partial charge < -0.3 is 9.32 Å². The molecule has 4 rings (SSSR count). The summed E-state index contributed by atoms with van der Waals surface area (Å²) in [5.41, 5.74) is 1.81. The van der Waals surface area contributed by atoms with Gasteiger partial charge in [-0.1, -0.05) is 12.1 Å². The van der Waals surface area contributed by atoms with E-state index < -0.39 is 0 Å². The normalized spacial score (nSPS) is 17.2. The molecule has 1 atom stereocenters. The molecule has 3 heterocycles. The number of benzene rings is 1. The Morgan fingerprint density at radius 1 is 1.24 bits per heavy atom. The van der Waals surface area contributed by atoms with Crippen molar-refractivity contribution in [3.05, 3.63) is 71.6 Å². The first-order valence-corrected chi connectivity index (χ1v) is 8.43. The molecule has 0 amide bonds. The van der Waals surface area contributed by atoms with Crippen molar-refractivity contribution >= 4 is 5.82 Å². The topological polar surface area (TPSA) is 55.1 Å². The zero-order chi connectivity index (χ0) is 17.2. The average molecular weight is 338 g/mol. The van der Waals surface area contributed by atoms with Crippen molar-refractivity contribution in [3.63, 3.8) is 0 Å². The van der Waals surface area contributed by atoms with Gasteiger partial charge in [0.2, 0.25) is 5.89 Å². The molecule has 6 heteroatoms. The van der Waals surface area contributed by atoms with Crippen LogP contribution in [0.5, 0.6) is 0 Å². The Kier molecular flexibility index (Phi) is 4.17. The molecule has 0 spiro atoms. The van der Waals surface area contributed by atoms with Gasteiger partial charge in [-0.25, -0.2) is 19.3 Å². The average Bonchev–Trinajstić information content (AvgIpc) is 3.23. The highest BCUT2D eigenvalue weighted by Crippen LogP contribution is 2.35. The van der Waals surface area contributed by atoms with Crippen molar-refractivity contribution in [2.75, 3.05) is 11.4 Å². The largest absolute Gasteiger partial charge is 0.443 e. The maximum Gasteiger partial charge on any atom is 0.217 e. The highest BCUT2D eigenvalue weighted by atomic mass is 19.1. The first-order chi connectivity index (χ1) is 12.2. The summed E-state index contributed by atoms with van der Waals surface area (Å²) < 4.78 is 19.3. The van der Waals surface area contributed by atoms with Crippen molar-refractivity contribution in [1.82, 2.24) is 15.0 Å². The van der Waals surface area contributed by atoms with Crippen LogP contribution in [-0.4, -0.2) is 21.5 Å². The molecule has 1 saturated heterocycles. The molecule has 128 valence electrons. The molecule has 0 radical (unpaired) electrons. The van der Waals surface area contributed by atoms with Crippen molar-refractivity contribution in [2.45, 2.75) is 32.2 Å². The van der Waals surface area contributed by atoms with Crippen LogP contribution in [0.3, 0.4) is 0 Å². The summed E-state index contributed by atoms with van der Waals surface area (Å²) >= 11 is 0. The molecule has 25 heavy (non-hydrogen) atoms. The zero-order valence-corrected chi connectivity index (χ0v) is 14.0. The summed E-state index contributed by atoms with van der Waals surface area (Å²) in [6, 6.07) is 8.61. The summed E-state index contributed by atoms with van der Waals surface area (Å²) in [6.45, 7) is 2.88. The van der Waals surface area contributed by atoms with Gasteiger partial charge >= 0.3 is 0 Å². The van der Waals surface area contributed by atoms with Crippen LogP contribution in [0.25, 0.3) is 0 Å². The molecule has 1 aliphatic rings. The fraction of sp³-hybridized carbons (Fsp3) is 0.316. The fourth-order valence-corrected chi connectivity index (χ4v) is 3.30. The number of halogens is 1. The third-order valence-electron chi connectivity index (χ3n) is 4.46. The Bertz CT molecular complexity index is 879. The number of aromatic nitrogens is 3. The lowest BCUT2D eigenvalue weighted by atomic mass is 10.1.